The first-order chi connectivity index (χ1) is 7.63. The lowest BCUT2D eigenvalue weighted by Crippen LogP contribution is -1.90. The van der Waals surface area contributed by atoms with E-state index in [2.05, 4.69) is 15.0 Å². The summed E-state index contributed by atoms with van der Waals surface area (Å²) in [6.45, 7) is 3.81. The number of aromatic nitrogens is 3. The van der Waals surface area contributed by atoms with E-state index in [0.717, 1.165) is 22.1 Å². The Bertz CT molecular complexity index is 478. The van der Waals surface area contributed by atoms with E-state index in [-0.39, 0.29) is 5.88 Å². The van der Waals surface area contributed by atoms with Crippen LogP contribution in [0.15, 0.2) is 16.6 Å². The summed E-state index contributed by atoms with van der Waals surface area (Å²) in [6.07, 6.45) is 0. The molecule has 0 saturated heterocycles. The van der Waals surface area contributed by atoms with Gasteiger partial charge in [0.25, 0.3) is 0 Å². The van der Waals surface area contributed by atoms with E-state index in [1.165, 1.54) is 17.8 Å². The van der Waals surface area contributed by atoms with Crippen LogP contribution in [0.2, 0.25) is 0 Å². The molecule has 0 aliphatic carbocycles. The van der Waals surface area contributed by atoms with E-state index < -0.39 is 0 Å². The zero-order valence-corrected chi connectivity index (χ0v) is 10.6. The lowest BCUT2D eigenvalue weighted by atomic mass is 10.4. The largest absolute Gasteiger partial charge is 0.493 e. The van der Waals surface area contributed by atoms with Gasteiger partial charge in [-0.1, -0.05) is 11.8 Å². The fourth-order valence-electron chi connectivity index (χ4n) is 1.20. The average Bonchev–Trinajstić information content (AvgIpc) is 2.60. The molecule has 0 unspecified atom stereocenters. The molecule has 4 nitrogen and oxygen atoms in total. The first kappa shape index (κ1) is 11.3. The van der Waals surface area contributed by atoms with Crippen LogP contribution >= 0.6 is 23.1 Å². The predicted octanol–water partition coefficient (Wildman–Crippen LogP) is 2.55. The molecule has 0 amide bonds. The van der Waals surface area contributed by atoms with Gasteiger partial charge >= 0.3 is 0 Å². The number of aromatic hydroxyl groups is 1. The number of hydrogen-bond donors (Lipinski definition) is 1. The lowest BCUT2D eigenvalue weighted by molar-refractivity contribution is 0.444. The zero-order valence-electron chi connectivity index (χ0n) is 8.97. The lowest BCUT2D eigenvalue weighted by Gasteiger charge is -2.00. The number of nitrogens with zero attached hydrogens (tertiary/aromatic N) is 3. The maximum Gasteiger partial charge on any atom is 0.215 e. The maximum atomic E-state index is 9.32. The van der Waals surface area contributed by atoms with Gasteiger partial charge in [0.2, 0.25) is 5.88 Å². The highest BCUT2D eigenvalue weighted by molar-refractivity contribution is 7.98. The number of rotatable bonds is 3. The molecular formula is C10H11N3OS2. The van der Waals surface area contributed by atoms with Gasteiger partial charge in [-0.2, -0.15) is 4.98 Å². The van der Waals surface area contributed by atoms with Gasteiger partial charge in [-0.05, 0) is 13.8 Å². The van der Waals surface area contributed by atoms with Gasteiger partial charge < -0.3 is 5.11 Å². The van der Waals surface area contributed by atoms with E-state index >= 15 is 0 Å². The monoisotopic (exact) mass is 253 g/mol. The van der Waals surface area contributed by atoms with Crippen LogP contribution in [0, 0.1) is 13.8 Å². The van der Waals surface area contributed by atoms with Crippen molar-refractivity contribution in [2.24, 2.45) is 0 Å². The Labute approximate surface area is 102 Å². The van der Waals surface area contributed by atoms with Crippen LogP contribution in [-0.2, 0) is 5.75 Å². The van der Waals surface area contributed by atoms with Crippen LogP contribution in [0.3, 0.4) is 0 Å². The zero-order chi connectivity index (χ0) is 11.5. The average molecular weight is 253 g/mol. The molecule has 2 aromatic heterocycles. The summed E-state index contributed by atoms with van der Waals surface area (Å²) in [4.78, 5) is 12.5. The molecule has 84 valence electrons. The normalized spacial score (nSPS) is 10.6. The smallest absolute Gasteiger partial charge is 0.215 e. The molecule has 0 spiro atoms. The molecule has 0 atom stereocenters. The summed E-state index contributed by atoms with van der Waals surface area (Å²) in [7, 11) is 0. The van der Waals surface area contributed by atoms with Crippen molar-refractivity contribution < 1.29 is 5.11 Å². The molecule has 1 N–H and O–H groups in total. The van der Waals surface area contributed by atoms with Crippen molar-refractivity contribution in [3.8, 4) is 5.88 Å². The van der Waals surface area contributed by atoms with E-state index in [1.807, 2.05) is 19.2 Å². The molecule has 0 radical (unpaired) electrons. The highest BCUT2D eigenvalue weighted by Gasteiger charge is 2.04. The van der Waals surface area contributed by atoms with Crippen LogP contribution in [0.25, 0.3) is 0 Å². The van der Waals surface area contributed by atoms with Crippen molar-refractivity contribution in [1.82, 2.24) is 15.0 Å². The van der Waals surface area contributed by atoms with Crippen molar-refractivity contribution in [3.63, 3.8) is 0 Å². The summed E-state index contributed by atoms with van der Waals surface area (Å²) in [5, 5.41) is 13.0. The summed E-state index contributed by atoms with van der Waals surface area (Å²) < 4.78 is 0. The second kappa shape index (κ2) is 4.80. The summed E-state index contributed by atoms with van der Waals surface area (Å²) in [6, 6.07) is 1.54. The van der Waals surface area contributed by atoms with Gasteiger partial charge in [0.15, 0.2) is 5.16 Å². The summed E-state index contributed by atoms with van der Waals surface area (Å²) in [5.41, 5.74) is 1.79. The topological polar surface area (TPSA) is 58.9 Å². The molecule has 2 heterocycles. The molecular weight excluding hydrogens is 242 g/mol. The van der Waals surface area contributed by atoms with Crippen LogP contribution in [0.1, 0.15) is 16.4 Å². The first-order valence-electron chi connectivity index (χ1n) is 4.72. The predicted molar refractivity (Wildman–Crippen MR) is 64.8 cm³/mol. The molecule has 0 aliphatic heterocycles. The highest BCUT2D eigenvalue weighted by Crippen LogP contribution is 2.22. The van der Waals surface area contributed by atoms with Gasteiger partial charge in [0.05, 0.1) is 10.7 Å². The number of thiazole rings is 1. The number of aryl methyl sites for hydroxylation is 2. The second-order valence-corrected chi connectivity index (χ2v) is 5.30. The third-order valence-electron chi connectivity index (χ3n) is 1.84. The number of hydrogen-bond acceptors (Lipinski definition) is 6. The summed E-state index contributed by atoms with van der Waals surface area (Å²) in [5.74, 6) is 0.747. The highest BCUT2D eigenvalue weighted by atomic mass is 32.2. The Morgan fingerprint density at radius 1 is 1.31 bits per heavy atom. The molecule has 2 rings (SSSR count). The Morgan fingerprint density at radius 3 is 2.75 bits per heavy atom. The van der Waals surface area contributed by atoms with E-state index in [9.17, 15) is 5.11 Å². The van der Waals surface area contributed by atoms with Gasteiger partial charge in [-0.15, -0.1) is 11.3 Å². The van der Waals surface area contributed by atoms with E-state index in [0.29, 0.717) is 5.16 Å². The van der Waals surface area contributed by atoms with Crippen molar-refractivity contribution in [2.45, 2.75) is 24.8 Å². The molecule has 0 aliphatic rings. The van der Waals surface area contributed by atoms with Crippen LogP contribution < -0.4 is 0 Å². The van der Waals surface area contributed by atoms with Gasteiger partial charge in [0, 0.05) is 22.9 Å². The Hall–Kier alpha value is -1.14. The van der Waals surface area contributed by atoms with Crippen LogP contribution in [0.5, 0.6) is 5.88 Å². The standard InChI is InChI=1S/C10H11N3OS2/c1-6-3-9(14)13-10(11-6)16-5-8-4-15-7(2)12-8/h3-4H,5H2,1-2H3,(H,11,13,14). The number of thioether (sulfide) groups is 1. The third-order valence-corrected chi connectivity index (χ3v) is 3.54. The van der Waals surface area contributed by atoms with E-state index in [1.54, 1.807) is 11.3 Å². The molecule has 2 aromatic rings. The Morgan fingerprint density at radius 2 is 2.12 bits per heavy atom. The minimum absolute atomic E-state index is 0.0180. The van der Waals surface area contributed by atoms with Gasteiger partial charge in [-0.25, -0.2) is 9.97 Å². The maximum absolute atomic E-state index is 9.32. The molecule has 0 saturated carbocycles. The first-order valence-corrected chi connectivity index (χ1v) is 6.58. The fraction of sp³-hybridized carbons (Fsp3) is 0.300. The quantitative estimate of drug-likeness (QED) is 0.673. The molecule has 0 bridgehead atoms. The molecule has 0 fully saturated rings. The van der Waals surface area contributed by atoms with Crippen molar-refractivity contribution in [3.05, 3.63) is 27.8 Å². The fourth-order valence-corrected chi connectivity index (χ4v) is 2.71. The van der Waals surface area contributed by atoms with Crippen LogP contribution in [0.4, 0.5) is 0 Å². The van der Waals surface area contributed by atoms with Gasteiger partial charge in [-0.3, -0.25) is 0 Å². The summed E-state index contributed by atoms with van der Waals surface area (Å²) >= 11 is 3.11. The second-order valence-electron chi connectivity index (χ2n) is 3.30. The molecule has 16 heavy (non-hydrogen) atoms. The van der Waals surface area contributed by atoms with Crippen molar-refractivity contribution in [1.29, 1.82) is 0 Å². The van der Waals surface area contributed by atoms with Gasteiger partial charge in [0.1, 0.15) is 0 Å². The van der Waals surface area contributed by atoms with Crippen molar-refractivity contribution in [2.75, 3.05) is 0 Å². The van der Waals surface area contributed by atoms with E-state index in [4.69, 9.17) is 0 Å². The van der Waals surface area contributed by atoms with Crippen LogP contribution in [-0.4, -0.2) is 20.1 Å². The SMILES string of the molecule is Cc1cc(O)nc(SCc2csc(C)n2)n1. The minimum atomic E-state index is 0.0180. The molecule has 6 heteroatoms. The minimum Gasteiger partial charge on any atom is -0.493 e. The molecule has 0 aromatic carbocycles. The van der Waals surface area contributed by atoms with Crippen molar-refractivity contribution >= 4 is 23.1 Å². The Balaban J connectivity index is 2.04. The third kappa shape index (κ3) is 2.93. The Kier molecular flexibility index (Phi) is 3.40.